The van der Waals surface area contributed by atoms with Crippen LogP contribution >= 0.6 is 20.8 Å². The maximum Gasteiger partial charge on any atom is 0.316 e. The third-order valence-corrected chi connectivity index (χ3v) is 1.12. The maximum atomic E-state index is 12.6. The molecule has 0 fully saturated rings. The Bertz CT molecular complexity index is 240. The van der Waals surface area contributed by atoms with Crippen molar-refractivity contribution >= 4 is 26.0 Å². The molecule has 13 heavy (non-hydrogen) atoms. The van der Waals surface area contributed by atoms with Crippen LogP contribution < -0.4 is 5.73 Å². The first-order valence-electron chi connectivity index (χ1n) is 3.03. The maximum absolute atomic E-state index is 12.6. The van der Waals surface area contributed by atoms with E-state index >= 15 is 0 Å². The Hall–Kier alpha value is -0.580. The van der Waals surface area contributed by atoms with Crippen molar-refractivity contribution in [2.24, 2.45) is 16.1 Å². The zero-order chi connectivity index (χ0) is 10.5. The average molecular weight is 228 g/mol. The van der Waals surface area contributed by atoms with E-state index in [0.29, 0.717) is 0 Å². The second-order valence-corrected chi connectivity index (χ2v) is 3.30. The van der Waals surface area contributed by atoms with Crippen LogP contribution in [0.2, 0.25) is 0 Å². The fourth-order valence-corrected chi connectivity index (χ4v) is 0.846. The highest BCUT2D eigenvalue weighted by Crippen LogP contribution is 2.20. The highest BCUT2D eigenvalue weighted by atomic mass is 35.5. The van der Waals surface area contributed by atoms with Crippen molar-refractivity contribution in [3.05, 3.63) is 17.2 Å². The van der Waals surface area contributed by atoms with Gasteiger partial charge in [0.25, 0.3) is 0 Å². The lowest BCUT2D eigenvalue weighted by Crippen LogP contribution is -2.29. The van der Waals surface area contributed by atoms with Crippen molar-refractivity contribution in [1.82, 2.24) is 0 Å². The zero-order valence-electron chi connectivity index (χ0n) is 6.54. The highest BCUT2D eigenvalue weighted by Gasteiger charge is 2.18. The number of hydrogen-bond acceptors (Lipinski definition) is 4. The molecule has 8 heteroatoms. The van der Waals surface area contributed by atoms with Gasteiger partial charge in [-0.25, -0.2) is 0 Å². The van der Waals surface area contributed by atoms with Gasteiger partial charge in [-0.3, -0.25) is 5.73 Å². The van der Waals surface area contributed by atoms with Gasteiger partial charge in [0.1, 0.15) is 10.9 Å². The molecule has 0 radical (unpaired) electrons. The molecule has 74 valence electrons. The molecule has 0 aromatic carbocycles. The Balaban J connectivity index is 4.03. The number of nitrogens with two attached hydrogens (primary N) is 1. The van der Waals surface area contributed by atoms with Crippen LogP contribution in [0.1, 0.15) is 6.42 Å². The Morgan fingerprint density at radius 1 is 1.85 bits per heavy atom. The van der Waals surface area contributed by atoms with Crippen LogP contribution in [0.15, 0.2) is 22.7 Å². The van der Waals surface area contributed by atoms with Crippen LogP contribution in [0.3, 0.4) is 0 Å². The predicted molar refractivity (Wildman–Crippen MR) is 51.7 cm³/mol. The molecule has 0 bridgehead atoms. The number of nitroso groups, excluding NO2 is 1. The molecular formula is C5H8ClFN3O2P. The van der Waals surface area contributed by atoms with Crippen LogP contribution in [-0.2, 0) is 4.74 Å². The summed E-state index contributed by atoms with van der Waals surface area (Å²) in [5.74, 6) is -0.0580. The SMILES string of the molecule is C=C(C/C(Cl)=N/N=O)OC(N)(F)P. The number of hydrogen-bond donors (Lipinski definition) is 1. The van der Waals surface area contributed by atoms with Gasteiger partial charge in [0, 0.05) is 0 Å². The normalized spacial score (nSPS) is 16.2. The van der Waals surface area contributed by atoms with E-state index in [2.05, 4.69) is 21.7 Å². The molecule has 0 aromatic heterocycles. The lowest BCUT2D eigenvalue weighted by atomic mass is 10.4. The third kappa shape index (κ3) is 7.77. The monoisotopic (exact) mass is 227 g/mol. The molecule has 0 spiro atoms. The van der Waals surface area contributed by atoms with Gasteiger partial charge >= 0.3 is 5.72 Å². The molecule has 0 saturated heterocycles. The van der Waals surface area contributed by atoms with Crippen LogP contribution in [-0.4, -0.2) is 10.9 Å². The first kappa shape index (κ1) is 12.4. The van der Waals surface area contributed by atoms with Gasteiger partial charge in [0.2, 0.25) is 0 Å². The van der Waals surface area contributed by atoms with Crippen molar-refractivity contribution in [1.29, 1.82) is 0 Å². The molecule has 0 aromatic rings. The second-order valence-electron chi connectivity index (χ2n) is 2.07. The van der Waals surface area contributed by atoms with Crippen LogP contribution in [0.4, 0.5) is 4.39 Å². The number of ether oxygens (including phenoxy) is 1. The average Bonchev–Trinajstić information content (AvgIpc) is 1.81. The number of nitrogens with zero attached hydrogens (tertiary/aromatic N) is 2. The summed E-state index contributed by atoms with van der Waals surface area (Å²) in [6.45, 7) is 3.30. The van der Waals surface area contributed by atoms with E-state index in [1.165, 1.54) is 0 Å². The van der Waals surface area contributed by atoms with Gasteiger partial charge in [-0.05, 0) is 9.24 Å². The van der Waals surface area contributed by atoms with Crippen molar-refractivity contribution in [2.75, 3.05) is 0 Å². The Morgan fingerprint density at radius 2 is 2.38 bits per heavy atom. The number of alkyl halides is 1. The Labute approximate surface area is 81.3 Å². The smallest absolute Gasteiger partial charge is 0.316 e. The summed E-state index contributed by atoms with van der Waals surface area (Å²) < 4.78 is 17.0. The lowest BCUT2D eigenvalue weighted by molar-refractivity contribution is -0.0241. The van der Waals surface area contributed by atoms with Gasteiger partial charge in [0.15, 0.2) is 0 Å². The van der Waals surface area contributed by atoms with Gasteiger partial charge in [-0.15, -0.1) is 10.0 Å². The van der Waals surface area contributed by atoms with Gasteiger partial charge < -0.3 is 4.74 Å². The van der Waals surface area contributed by atoms with Crippen LogP contribution in [0, 0.1) is 4.91 Å². The van der Waals surface area contributed by atoms with Gasteiger partial charge in [0.05, 0.1) is 11.7 Å². The van der Waals surface area contributed by atoms with E-state index < -0.39 is 5.72 Å². The third-order valence-electron chi connectivity index (χ3n) is 0.793. The second kappa shape index (κ2) is 5.21. The first-order valence-corrected chi connectivity index (χ1v) is 3.99. The standard InChI is InChI=1S/C5H8ClFN3O2P/c1-3(12-5(7,8)13)2-4(6)9-10-11/h1-2,8,13H2/b9-4-. The molecule has 0 aliphatic rings. The van der Waals surface area contributed by atoms with E-state index in [1.807, 2.05) is 0 Å². The topological polar surface area (TPSA) is 77.0 Å². The predicted octanol–water partition coefficient (Wildman–Crippen LogP) is 1.64. The molecular weight excluding hydrogens is 219 g/mol. The van der Waals surface area contributed by atoms with E-state index in [0.717, 1.165) is 0 Å². The molecule has 2 atom stereocenters. The minimum atomic E-state index is -2.40. The first-order chi connectivity index (χ1) is 5.85. The molecule has 0 amide bonds. The Morgan fingerprint density at radius 3 is 2.77 bits per heavy atom. The summed E-state index contributed by atoms with van der Waals surface area (Å²) >= 11 is 5.35. The van der Waals surface area contributed by atoms with E-state index in [4.69, 9.17) is 17.3 Å². The molecule has 2 N–H and O–H groups in total. The number of rotatable bonds is 5. The summed E-state index contributed by atoms with van der Waals surface area (Å²) in [6, 6.07) is 0. The minimum absolute atomic E-state index is 0.0580. The van der Waals surface area contributed by atoms with Crippen molar-refractivity contribution in [3.63, 3.8) is 0 Å². The molecule has 0 aliphatic carbocycles. The molecule has 0 heterocycles. The summed E-state index contributed by atoms with van der Waals surface area (Å²) in [6.07, 6.45) is -0.120. The highest BCUT2D eigenvalue weighted by molar-refractivity contribution is 7.18. The number of halogens is 2. The van der Waals surface area contributed by atoms with Crippen molar-refractivity contribution < 1.29 is 9.13 Å². The fraction of sp³-hybridized carbons (Fsp3) is 0.400. The van der Waals surface area contributed by atoms with Gasteiger partial charge in [-0.1, -0.05) is 18.2 Å². The summed E-state index contributed by atoms with van der Waals surface area (Å²) in [4.78, 5) is 9.59. The molecule has 0 rings (SSSR count). The summed E-state index contributed by atoms with van der Waals surface area (Å²) in [7, 11) is 1.61. The lowest BCUT2D eigenvalue weighted by Gasteiger charge is -2.17. The zero-order valence-corrected chi connectivity index (χ0v) is 8.45. The fourth-order valence-electron chi connectivity index (χ4n) is 0.500. The quantitative estimate of drug-likeness (QED) is 0.148. The van der Waals surface area contributed by atoms with E-state index in [1.54, 1.807) is 9.24 Å². The molecule has 0 aliphatic heterocycles. The molecule has 5 nitrogen and oxygen atoms in total. The summed E-state index contributed by atoms with van der Waals surface area (Å²) in [5, 5.41) is 4.94. The van der Waals surface area contributed by atoms with Crippen molar-refractivity contribution in [3.8, 4) is 0 Å². The minimum Gasteiger partial charge on any atom is -0.447 e. The van der Waals surface area contributed by atoms with E-state index in [9.17, 15) is 9.30 Å². The number of allylic oxidation sites excluding steroid dienone is 1. The summed E-state index contributed by atoms with van der Waals surface area (Å²) in [5.41, 5.74) is 2.43. The molecule has 2 unspecified atom stereocenters. The largest absolute Gasteiger partial charge is 0.447 e. The van der Waals surface area contributed by atoms with Crippen LogP contribution in [0.5, 0.6) is 0 Å². The van der Waals surface area contributed by atoms with Gasteiger partial charge in [-0.2, -0.15) is 4.39 Å². The van der Waals surface area contributed by atoms with Crippen molar-refractivity contribution in [2.45, 2.75) is 12.1 Å². The Kier molecular flexibility index (Phi) is 4.98. The van der Waals surface area contributed by atoms with E-state index in [-0.39, 0.29) is 17.4 Å². The molecule has 0 saturated carbocycles. The van der Waals surface area contributed by atoms with Crippen LogP contribution in [0.25, 0.3) is 0 Å².